The first-order valence-electron chi connectivity index (χ1n) is 0.661. The summed E-state index contributed by atoms with van der Waals surface area (Å²) in [5.74, 6) is 0. The maximum atomic E-state index is 8.36. The molecule has 0 aromatic heterocycles. The molecule has 0 aliphatic rings. The normalized spacial score (nSPS) is 2.67. The van der Waals surface area contributed by atoms with E-state index in [1.165, 1.54) is 18.0 Å². The predicted molar refractivity (Wildman–Crippen MR) is 19.9 cm³/mol. The van der Waals surface area contributed by atoms with Crippen LogP contribution in [-0.4, -0.2) is 17.1 Å². The Morgan fingerprint density at radius 2 is 1.67 bits per heavy atom. The van der Waals surface area contributed by atoms with E-state index >= 15 is 0 Å². The van der Waals surface area contributed by atoms with Crippen LogP contribution in [0.1, 0.15) is 0 Å². The van der Waals surface area contributed by atoms with Crippen LogP contribution in [0.2, 0.25) is 0 Å². The summed E-state index contributed by atoms with van der Waals surface area (Å²) in [6, 6.07) is 0. The predicted octanol–water partition coefficient (Wildman–Crippen LogP) is -0.478. The summed E-state index contributed by atoms with van der Waals surface area (Å²) in [6.45, 7) is -0.250. The zero-order valence-electron chi connectivity index (χ0n) is 2.75. The van der Waals surface area contributed by atoms with E-state index in [0.29, 0.717) is 0 Å². The molecule has 0 aromatic carbocycles. The Morgan fingerprint density at radius 3 is 1.67 bits per heavy atom. The SMILES string of the molecule is O.O=CO.[S]=[Mo]. The van der Waals surface area contributed by atoms with Crippen LogP contribution in [0.4, 0.5) is 0 Å². The second-order valence-electron chi connectivity index (χ2n) is 0.105. The Kier molecular flexibility index (Phi) is 152. The average molecular weight is 192 g/mol. The van der Waals surface area contributed by atoms with Crippen molar-refractivity contribution in [2.75, 3.05) is 0 Å². The Balaban J connectivity index is -0.0000000275. The van der Waals surface area contributed by atoms with Gasteiger partial charge in [-0.3, -0.25) is 4.79 Å². The zero-order valence-corrected chi connectivity index (χ0v) is 5.57. The third-order valence-corrected chi connectivity index (χ3v) is 0. The molecule has 5 heteroatoms. The molecule has 0 amide bonds. The number of hydrogen-bond acceptors (Lipinski definition) is 2. The fourth-order valence-corrected chi connectivity index (χ4v) is 0. The summed E-state index contributed by atoms with van der Waals surface area (Å²) < 4.78 is 0. The molecule has 0 aliphatic carbocycles. The van der Waals surface area contributed by atoms with Gasteiger partial charge in [0.2, 0.25) is 0 Å². The van der Waals surface area contributed by atoms with Crippen molar-refractivity contribution in [3.8, 4) is 0 Å². The van der Waals surface area contributed by atoms with Crippen LogP contribution in [0.5, 0.6) is 0 Å². The zero-order chi connectivity index (χ0) is 4.71. The fourth-order valence-electron chi connectivity index (χ4n) is 0. The summed E-state index contributed by atoms with van der Waals surface area (Å²) in [6.07, 6.45) is 0. The molecule has 0 saturated carbocycles. The molecule has 0 aliphatic heterocycles. The number of rotatable bonds is 0. The molecule has 38 valence electrons. The summed E-state index contributed by atoms with van der Waals surface area (Å²) in [4.78, 5) is 8.36. The molecule has 6 heavy (non-hydrogen) atoms. The molecule has 3 nitrogen and oxygen atoms in total. The van der Waals surface area contributed by atoms with Gasteiger partial charge in [0.05, 0.1) is 0 Å². The van der Waals surface area contributed by atoms with Crippen molar-refractivity contribution in [2.24, 2.45) is 0 Å². The number of carbonyl (C=O) groups is 1. The Bertz CT molecular complexity index is 24.8. The quantitative estimate of drug-likeness (QED) is 0.416. The second-order valence-corrected chi connectivity index (χ2v) is 0.105. The van der Waals surface area contributed by atoms with E-state index in [9.17, 15) is 0 Å². The van der Waals surface area contributed by atoms with E-state index in [1.807, 2.05) is 0 Å². The molecule has 0 radical (unpaired) electrons. The van der Waals surface area contributed by atoms with E-state index in [1.54, 1.807) is 0 Å². The van der Waals surface area contributed by atoms with E-state index in [4.69, 9.17) is 9.90 Å². The van der Waals surface area contributed by atoms with Crippen LogP contribution in [-0.2, 0) is 22.8 Å². The summed E-state index contributed by atoms with van der Waals surface area (Å²) in [5, 5.41) is 6.89. The van der Waals surface area contributed by atoms with E-state index in [-0.39, 0.29) is 11.9 Å². The third-order valence-electron chi connectivity index (χ3n) is 0. The standard InChI is InChI=1S/CH2O2.Mo.H2O.S/c2-1-3;;;/h1H,(H,2,3);;1H2;. The van der Waals surface area contributed by atoms with Crippen LogP contribution in [0.15, 0.2) is 0 Å². The molecular formula is CH4MoO3S. The van der Waals surface area contributed by atoms with Crippen LogP contribution in [0, 0.1) is 0 Å². The van der Waals surface area contributed by atoms with Gasteiger partial charge in [-0.1, -0.05) is 0 Å². The van der Waals surface area contributed by atoms with Gasteiger partial charge in [0.25, 0.3) is 6.47 Å². The van der Waals surface area contributed by atoms with Crippen LogP contribution >= 0.6 is 9.82 Å². The van der Waals surface area contributed by atoms with Crippen molar-refractivity contribution in [1.82, 2.24) is 0 Å². The molecule has 0 bridgehead atoms. The van der Waals surface area contributed by atoms with Gasteiger partial charge in [0.1, 0.15) is 0 Å². The topological polar surface area (TPSA) is 68.8 Å². The number of carboxylic acid groups (broad SMARTS) is 1. The number of hydrogen-bond donors (Lipinski definition) is 1. The molecule has 3 N–H and O–H groups in total. The van der Waals surface area contributed by atoms with E-state index in [2.05, 4.69) is 9.82 Å². The Morgan fingerprint density at radius 1 is 1.67 bits per heavy atom. The van der Waals surface area contributed by atoms with Crippen LogP contribution in [0.25, 0.3) is 0 Å². The fraction of sp³-hybridized carbons (Fsp3) is 0. The third kappa shape index (κ3) is 422. The van der Waals surface area contributed by atoms with E-state index in [0.717, 1.165) is 0 Å². The molecule has 0 heterocycles. The molecule has 0 fully saturated rings. The molecule has 0 rings (SSSR count). The second kappa shape index (κ2) is 56.1. The first-order chi connectivity index (χ1) is 2.41. The van der Waals surface area contributed by atoms with Crippen LogP contribution in [0.3, 0.4) is 0 Å². The van der Waals surface area contributed by atoms with Crippen molar-refractivity contribution in [1.29, 1.82) is 0 Å². The molecule has 0 spiro atoms. The monoisotopic (exact) mass is 194 g/mol. The van der Waals surface area contributed by atoms with Crippen LogP contribution < -0.4 is 0 Å². The van der Waals surface area contributed by atoms with Gasteiger partial charge in [-0.15, -0.1) is 0 Å². The summed E-state index contributed by atoms with van der Waals surface area (Å²) in [7, 11) is 4.09. The summed E-state index contributed by atoms with van der Waals surface area (Å²) in [5.41, 5.74) is 0. The van der Waals surface area contributed by atoms with E-state index < -0.39 is 0 Å². The van der Waals surface area contributed by atoms with Crippen molar-refractivity contribution in [3.63, 3.8) is 0 Å². The minimum absolute atomic E-state index is 0. The molecular weight excluding hydrogens is 188 g/mol. The molecule has 0 unspecified atom stereocenters. The van der Waals surface area contributed by atoms with Gasteiger partial charge >= 0.3 is 27.8 Å². The average Bonchev–Trinajstić information content (AvgIpc) is 1.46. The van der Waals surface area contributed by atoms with Gasteiger partial charge in [-0.2, -0.15) is 0 Å². The van der Waals surface area contributed by atoms with Gasteiger partial charge in [-0.05, 0) is 0 Å². The van der Waals surface area contributed by atoms with Gasteiger partial charge in [-0.25, -0.2) is 0 Å². The first-order valence-corrected chi connectivity index (χ1v) is 3.45. The maximum absolute atomic E-state index is 8.36. The van der Waals surface area contributed by atoms with Gasteiger partial charge in [0.15, 0.2) is 0 Å². The molecule has 0 saturated heterocycles. The van der Waals surface area contributed by atoms with Gasteiger partial charge < -0.3 is 10.6 Å². The molecule has 0 aromatic rings. The Hall–Kier alpha value is 0.338. The van der Waals surface area contributed by atoms with Crippen molar-refractivity contribution in [3.05, 3.63) is 0 Å². The first kappa shape index (κ1) is 16.2. The molecule has 0 atom stereocenters. The van der Waals surface area contributed by atoms with Crippen molar-refractivity contribution >= 4 is 16.3 Å². The van der Waals surface area contributed by atoms with Crippen molar-refractivity contribution < 1.29 is 33.4 Å². The van der Waals surface area contributed by atoms with Crippen molar-refractivity contribution in [2.45, 2.75) is 0 Å². The summed E-state index contributed by atoms with van der Waals surface area (Å²) >= 11 is 1.53. The minimum atomic E-state index is -0.250. The Labute approximate surface area is 50.0 Å². The van der Waals surface area contributed by atoms with Gasteiger partial charge in [0, 0.05) is 0 Å².